The summed E-state index contributed by atoms with van der Waals surface area (Å²) in [7, 11) is 0. The van der Waals surface area contributed by atoms with Gasteiger partial charge in [0.15, 0.2) is 0 Å². The van der Waals surface area contributed by atoms with E-state index in [1.165, 1.54) is 12.1 Å². The number of aryl methyl sites for hydroxylation is 2. The molecule has 0 aliphatic heterocycles. The van der Waals surface area contributed by atoms with E-state index in [1.54, 1.807) is 13.0 Å². The smallest absolute Gasteiger partial charge is 0.133 e. The molecule has 0 fully saturated rings. The van der Waals surface area contributed by atoms with Crippen LogP contribution >= 0.6 is 0 Å². The summed E-state index contributed by atoms with van der Waals surface area (Å²) in [4.78, 5) is 0. The highest BCUT2D eigenvalue weighted by Crippen LogP contribution is 2.32. The molecule has 0 aliphatic carbocycles. The topological polar surface area (TPSA) is 29.5 Å². The Balaban J connectivity index is 2.40. The zero-order chi connectivity index (χ0) is 14.0. The van der Waals surface area contributed by atoms with Crippen LogP contribution in [-0.2, 0) is 0 Å². The van der Waals surface area contributed by atoms with Crippen LogP contribution in [0.1, 0.15) is 29.7 Å². The van der Waals surface area contributed by atoms with Crippen LogP contribution in [0.4, 0.5) is 4.39 Å². The molecule has 0 aliphatic rings. The van der Waals surface area contributed by atoms with Crippen LogP contribution in [0.15, 0.2) is 36.4 Å². The standard InChI is InChI=1S/C16H17FO2/c1-10-4-5-11(2)16(8-10)19-15-7-6-13(17)9-14(15)12(3)18/h4-9,12,18H,1-3H3/t12-/m0/s1. The van der Waals surface area contributed by atoms with Gasteiger partial charge in [-0.25, -0.2) is 4.39 Å². The average molecular weight is 260 g/mol. The van der Waals surface area contributed by atoms with Crippen LogP contribution in [0.3, 0.4) is 0 Å². The van der Waals surface area contributed by atoms with Gasteiger partial charge in [0.1, 0.15) is 17.3 Å². The number of rotatable bonds is 3. The van der Waals surface area contributed by atoms with Gasteiger partial charge in [0.05, 0.1) is 6.10 Å². The summed E-state index contributed by atoms with van der Waals surface area (Å²) in [6, 6.07) is 10.1. The lowest BCUT2D eigenvalue weighted by atomic mass is 10.1. The molecule has 1 N–H and O–H groups in total. The van der Waals surface area contributed by atoms with Crippen molar-refractivity contribution in [1.29, 1.82) is 0 Å². The summed E-state index contributed by atoms with van der Waals surface area (Å²) >= 11 is 0. The third-order valence-corrected chi connectivity index (χ3v) is 2.99. The number of benzene rings is 2. The number of halogens is 1. The molecule has 0 radical (unpaired) electrons. The second-order valence-electron chi connectivity index (χ2n) is 4.73. The van der Waals surface area contributed by atoms with Gasteiger partial charge in [0.2, 0.25) is 0 Å². The SMILES string of the molecule is Cc1ccc(C)c(Oc2ccc(F)cc2[C@H](C)O)c1. The van der Waals surface area contributed by atoms with E-state index in [1.807, 2.05) is 32.0 Å². The molecule has 0 saturated heterocycles. The highest BCUT2D eigenvalue weighted by molar-refractivity contribution is 5.43. The van der Waals surface area contributed by atoms with Crippen molar-refractivity contribution < 1.29 is 14.2 Å². The predicted molar refractivity (Wildman–Crippen MR) is 73.0 cm³/mol. The molecule has 2 aromatic carbocycles. The summed E-state index contributed by atoms with van der Waals surface area (Å²) in [5.41, 5.74) is 2.52. The second-order valence-corrected chi connectivity index (χ2v) is 4.73. The van der Waals surface area contributed by atoms with E-state index >= 15 is 0 Å². The molecule has 0 bridgehead atoms. The summed E-state index contributed by atoms with van der Waals surface area (Å²) in [5.74, 6) is 0.808. The van der Waals surface area contributed by atoms with Gasteiger partial charge in [-0.3, -0.25) is 0 Å². The Morgan fingerprint density at radius 1 is 1.05 bits per heavy atom. The van der Waals surface area contributed by atoms with Crippen LogP contribution < -0.4 is 4.74 Å². The van der Waals surface area contributed by atoms with Crippen molar-refractivity contribution in [2.75, 3.05) is 0 Å². The zero-order valence-electron chi connectivity index (χ0n) is 11.3. The molecule has 2 rings (SSSR count). The van der Waals surface area contributed by atoms with Crippen molar-refractivity contribution in [3.63, 3.8) is 0 Å². The Morgan fingerprint density at radius 2 is 1.79 bits per heavy atom. The van der Waals surface area contributed by atoms with Gasteiger partial charge in [-0.2, -0.15) is 0 Å². The first-order valence-corrected chi connectivity index (χ1v) is 6.20. The Kier molecular flexibility index (Phi) is 3.86. The molecule has 2 aromatic rings. The predicted octanol–water partition coefficient (Wildman–Crippen LogP) is 4.29. The Hall–Kier alpha value is -1.87. The average Bonchev–Trinajstić information content (AvgIpc) is 2.35. The van der Waals surface area contributed by atoms with Crippen LogP contribution in [0, 0.1) is 19.7 Å². The van der Waals surface area contributed by atoms with Crippen LogP contribution in [0.25, 0.3) is 0 Å². The van der Waals surface area contributed by atoms with Gasteiger partial charge in [-0.1, -0.05) is 12.1 Å². The Morgan fingerprint density at radius 3 is 2.47 bits per heavy atom. The first-order chi connectivity index (χ1) is 8.97. The molecule has 19 heavy (non-hydrogen) atoms. The fourth-order valence-electron chi connectivity index (χ4n) is 1.87. The maximum atomic E-state index is 13.2. The minimum absolute atomic E-state index is 0.385. The minimum atomic E-state index is -0.782. The first-order valence-electron chi connectivity index (χ1n) is 6.20. The summed E-state index contributed by atoms with van der Waals surface area (Å²) in [6.45, 7) is 5.51. The highest BCUT2D eigenvalue weighted by atomic mass is 19.1. The van der Waals surface area contributed by atoms with Gasteiger partial charge in [0.25, 0.3) is 0 Å². The van der Waals surface area contributed by atoms with Crippen molar-refractivity contribution in [3.05, 3.63) is 58.9 Å². The largest absolute Gasteiger partial charge is 0.457 e. The molecule has 0 saturated carbocycles. The third kappa shape index (κ3) is 3.12. The van der Waals surface area contributed by atoms with Crippen LogP contribution in [0.5, 0.6) is 11.5 Å². The van der Waals surface area contributed by atoms with E-state index in [2.05, 4.69) is 0 Å². The summed E-state index contributed by atoms with van der Waals surface area (Å²) in [6.07, 6.45) is -0.782. The minimum Gasteiger partial charge on any atom is -0.457 e. The van der Waals surface area contributed by atoms with Gasteiger partial charge in [-0.15, -0.1) is 0 Å². The fraction of sp³-hybridized carbons (Fsp3) is 0.250. The van der Waals surface area contributed by atoms with Crippen molar-refractivity contribution in [2.45, 2.75) is 26.9 Å². The van der Waals surface area contributed by atoms with Crippen molar-refractivity contribution in [1.82, 2.24) is 0 Å². The lowest BCUT2D eigenvalue weighted by Crippen LogP contribution is -1.98. The molecule has 0 spiro atoms. The molecular formula is C16H17FO2. The van der Waals surface area contributed by atoms with E-state index in [0.717, 1.165) is 11.1 Å². The normalized spacial score (nSPS) is 12.3. The van der Waals surface area contributed by atoms with Crippen molar-refractivity contribution >= 4 is 0 Å². The molecule has 0 amide bonds. The third-order valence-electron chi connectivity index (χ3n) is 2.99. The molecule has 0 aromatic heterocycles. The lowest BCUT2D eigenvalue weighted by molar-refractivity contribution is 0.195. The van der Waals surface area contributed by atoms with Gasteiger partial charge in [-0.05, 0) is 56.2 Å². The maximum absolute atomic E-state index is 13.2. The molecule has 0 unspecified atom stereocenters. The zero-order valence-corrected chi connectivity index (χ0v) is 11.3. The van der Waals surface area contributed by atoms with Crippen LogP contribution in [0.2, 0.25) is 0 Å². The van der Waals surface area contributed by atoms with Gasteiger partial charge in [0, 0.05) is 5.56 Å². The van der Waals surface area contributed by atoms with Crippen LogP contribution in [-0.4, -0.2) is 5.11 Å². The highest BCUT2D eigenvalue weighted by Gasteiger charge is 2.12. The van der Waals surface area contributed by atoms with E-state index in [4.69, 9.17) is 4.74 Å². The molecule has 0 heterocycles. The number of ether oxygens (including phenoxy) is 1. The van der Waals surface area contributed by atoms with E-state index in [-0.39, 0.29) is 5.82 Å². The summed E-state index contributed by atoms with van der Waals surface area (Å²) < 4.78 is 19.0. The van der Waals surface area contributed by atoms with Crippen molar-refractivity contribution in [2.24, 2.45) is 0 Å². The lowest BCUT2D eigenvalue weighted by Gasteiger charge is -2.15. The molecule has 3 heteroatoms. The number of aliphatic hydroxyl groups excluding tert-OH is 1. The monoisotopic (exact) mass is 260 g/mol. The van der Waals surface area contributed by atoms with E-state index in [9.17, 15) is 9.50 Å². The van der Waals surface area contributed by atoms with E-state index < -0.39 is 6.10 Å². The molecular weight excluding hydrogens is 243 g/mol. The Bertz CT molecular complexity index is 591. The fourth-order valence-corrected chi connectivity index (χ4v) is 1.87. The molecule has 100 valence electrons. The van der Waals surface area contributed by atoms with E-state index in [0.29, 0.717) is 17.1 Å². The van der Waals surface area contributed by atoms with Gasteiger partial charge < -0.3 is 9.84 Å². The number of hydrogen-bond acceptors (Lipinski definition) is 2. The quantitative estimate of drug-likeness (QED) is 0.892. The second kappa shape index (κ2) is 5.41. The number of hydrogen-bond donors (Lipinski definition) is 1. The Labute approximate surface area is 112 Å². The summed E-state index contributed by atoms with van der Waals surface area (Å²) in [5, 5.41) is 9.68. The first kappa shape index (κ1) is 13.6. The number of aliphatic hydroxyl groups is 1. The van der Waals surface area contributed by atoms with Gasteiger partial charge >= 0.3 is 0 Å². The molecule has 1 atom stereocenters. The molecule has 2 nitrogen and oxygen atoms in total. The van der Waals surface area contributed by atoms with Crippen molar-refractivity contribution in [3.8, 4) is 11.5 Å². The maximum Gasteiger partial charge on any atom is 0.133 e.